The van der Waals surface area contributed by atoms with Crippen molar-refractivity contribution in [3.8, 4) is 0 Å². The van der Waals surface area contributed by atoms with Gasteiger partial charge in [0.05, 0.1) is 17.2 Å². The van der Waals surface area contributed by atoms with Crippen LogP contribution >= 0.6 is 22.6 Å². The molecule has 0 radical (unpaired) electrons. The van der Waals surface area contributed by atoms with Crippen LogP contribution in [0.15, 0.2) is 54.6 Å². The number of halogens is 1. The first-order chi connectivity index (χ1) is 10.8. The molecule has 4 heteroatoms. The van der Waals surface area contributed by atoms with Gasteiger partial charge in [0.2, 0.25) is 0 Å². The Morgan fingerprint density at radius 3 is 2.45 bits per heavy atom. The molecule has 1 aliphatic rings. The molecule has 1 atom stereocenters. The number of anilines is 1. The van der Waals surface area contributed by atoms with Crippen molar-refractivity contribution in [1.29, 1.82) is 0 Å². The molecule has 1 aliphatic heterocycles. The van der Waals surface area contributed by atoms with Crippen LogP contribution in [0.3, 0.4) is 0 Å². The Hall–Kier alpha value is -1.11. The van der Waals surface area contributed by atoms with Crippen LogP contribution in [0.25, 0.3) is 0 Å². The first-order valence-electron chi connectivity index (χ1n) is 7.62. The fourth-order valence-corrected chi connectivity index (χ4v) is 3.74. The first-order valence-corrected chi connectivity index (χ1v) is 9.14. The molecule has 3 rings (SSSR count). The monoisotopic (exact) mass is 408 g/mol. The number of hydrogen-bond donors (Lipinski definition) is 1. The first kappa shape index (κ1) is 15.8. The minimum Gasteiger partial charge on any atom is -0.392 e. The summed E-state index contributed by atoms with van der Waals surface area (Å²) in [5.41, 5.74) is 3.50. The molecular weight excluding hydrogens is 387 g/mol. The van der Waals surface area contributed by atoms with Crippen molar-refractivity contribution in [3.63, 3.8) is 0 Å². The molecule has 116 valence electrons. The van der Waals surface area contributed by atoms with E-state index in [0.717, 1.165) is 35.4 Å². The van der Waals surface area contributed by atoms with Crippen LogP contribution in [0.4, 0.5) is 5.69 Å². The summed E-state index contributed by atoms with van der Waals surface area (Å²) in [6, 6.07) is 19.2. The summed E-state index contributed by atoms with van der Waals surface area (Å²) in [6.45, 7) is 3.16. The molecule has 0 spiro atoms. The summed E-state index contributed by atoms with van der Waals surface area (Å²) in [7, 11) is 0. The topological polar surface area (TPSA) is 26.7 Å². The lowest BCUT2D eigenvalue weighted by Gasteiger charge is -2.43. The maximum absolute atomic E-state index is 9.67. The number of nitrogens with zero attached hydrogens (tertiary/aromatic N) is 2. The number of alkyl halides is 1. The van der Waals surface area contributed by atoms with Gasteiger partial charge in [0.25, 0.3) is 0 Å². The predicted octanol–water partition coefficient (Wildman–Crippen LogP) is 3.43. The third-order valence-electron chi connectivity index (χ3n) is 4.29. The molecule has 1 unspecified atom stereocenters. The zero-order valence-electron chi connectivity index (χ0n) is 12.5. The summed E-state index contributed by atoms with van der Waals surface area (Å²) in [4.78, 5) is 4.93. The maximum Gasteiger partial charge on any atom is 0.0702 e. The van der Waals surface area contributed by atoms with Crippen LogP contribution in [-0.4, -0.2) is 34.2 Å². The fraction of sp³-hybridized carbons (Fsp3) is 0.333. The quantitative estimate of drug-likeness (QED) is 0.477. The molecular formula is C18H21IN2O. The largest absolute Gasteiger partial charge is 0.392 e. The van der Waals surface area contributed by atoms with Crippen LogP contribution in [0, 0.1) is 0 Å². The van der Waals surface area contributed by atoms with Crippen LogP contribution in [0.1, 0.15) is 17.2 Å². The lowest BCUT2D eigenvalue weighted by molar-refractivity contribution is 0.260. The minimum absolute atomic E-state index is 0.0875. The van der Waals surface area contributed by atoms with Crippen molar-refractivity contribution in [2.24, 2.45) is 0 Å². The highest BCUT2D eigenvalue weighted by atomic mass is 127. The molecule has 1 heterocycles. The van der Waals surface area contributed by atoms with Crippen LogP contribution in [-0.2, 0) is 6.61 Å². The molecule has 0 aliphatic carbocycles. The molecule has 1 saturated heterocycles. The number of piperazine rings is 1. The zero-order chi connectivity index (χ0) is 15.4. The fourth-order valence-electron chi connectivity index (χ4n) is 3.12. The highest BCUT2D eigenvalue weighted by molar-refractivity contribution is 14.1. The van der Waals surface area contributed by atoms with Gasteiger partial charge < -0.3 is 10.0 Å². The smallest absolute Gasteiger partial charge is 0.0702 e. The highest BCUT2D eigenvalue weighted by Gasteiger charge is 2.28. The molecule has 0 aromatic heterocycles. The van der Waals surface area contributed by atoms with E-state index < -0.39 is 0 Å². The van der Waals surface area contributed by atoms with Crippen molar-refractivity contribution >= 4 is 28.3 Å². The Kier molecular flexibility index (Phi) is 5.33. The molecule has 2 aromatic rings. The standard InChI is InChI=1S/C18H21IN2O/c19-14-20-10-11-21(17-9-5-4-8-16(17)13-22)18(12-20)15-6-2-1-3-7-15/h1-9,18,22H,10-14H2. The second-order valence-corrected chi connectivity index (χ2v) is 6.29. The second-order valence-electron chi connectivity index (χ2n) is 5.60. The predicted molar refractivity (Wildman–Crippen MR) is 99.4 cm³/mol. The van der Waals surface area contributed by atoms with Gasteiger partial charge in [0, 0.05) is 30.9 Å². The molecule has 0 saturated carbocycles. The van der Waals surface area contributed by atoms with Crippen molar-refractivity contribution in [2.45, 2.75) is 12.6 Å². The molecule has 22 heavy (non-hydrogen) atoms. The van der Waals surface area contributed by atoms with E-state index in [4.69, 9.17) is 0 Å². The van der Waals surface area contributed by atoms with Crippen molar-refractivity contribution in [3.05, 3.63) is 65.7 Å². The Labute approximate surface area is 145 Å². The highest BCUT2D eigenvalue weighted by Crippen LogP contribution is 2.33. The van der Waals surface area contributed by atoms with Crippen molar-refractivity contribution < 1.29 is 5.11 Å². The number of hydrogen-bond acceptors (Lipinski definition) is 3. The summed E-state index contributed by atoms with van der Waals surface area (Å²) < 4.78 is 1.05. The minimum atomic E-state index is 0.0875. The molecule has 0 amide bonds. The van der Waals surface area contributed by atoms with Crippen LogP contribution < -0.4 is 4.90 Å². The van der Waals surface area contributed by atoms with Gasteiger partial charge in [0.1, 0.15) is 0 Å². The summed E-state index contributed by atoms with van der Waals surface area (Å²) in [5, 5.41) is 9.67. The van der Waals surface area contributed by atoms with E-state index in [1.807, 2.05) is 12.1 Å². The average molecular weight is 408 g/mol. The van der Waals surface area contributed by atoms with E-state index in [-0.39, 0.29) is 6.61 Å². The van der Waals surface area contributed by atoms with Gasteiger partial charge in [-0.15, -0.1) is 0 Å². The lowest BCUT2D eigenvalue weighted by atomic mass is 10.0. The second kappa shape index (κ2) is 7.44. The maximum atomic E-state index is 9.67. The molecule has 0 bridgehead atoms. The Balaban J connectivity index is 1.97. The van der Waals surface area contributed by atoms with Crippen molar-refractivity contribution in [1.82, 2.24) is 4.90 Å². The van der Waals surface area contributed by atoms with E-state index in [1.165, 1.54) is 5.56 Å². The third-order valence-corrected chi connectivity index (χ3v) is 5.25. The number of aliphatic hydroxyl groups is 1. The Bertz CT molecular complexity index is 605. The van der Waals surface area contributed by atoms with Gasteiger partial charge in [-0.3, -0.25) is 4.90 Å². The van der Waals surface area contributed by atoms with E-state index in [0.29, 0.717) is 6.04 Å². The van der Waals surface area contributed by atoms with Crippen LogP contribution in [0.5, 0.6) is 0 Å². The van der Waals surface area contributed by atoms with E-state index >= 15 is 0 Å². The van der Waals surface area contributed by atoms with E-state index in [1.54, 1.807) is 0 Å². The average Bonchev–Trinajstić information content (AvgIpc) is 2.62. The normalized spacial score (nSPS) is 19.4. The van der Waals surface area contributed by atoms with E-state index in [9.17, 15) is 5.11 Å². The molecule has 2 aromatic carbocycles. The Morgan fingerprint density at radius 2 is 1.73 bits per heavy atom. The number of benzene rings is 2. The Morgan fingerprint density at radius 1 is 1.00 bits per heavy atom. The zero-order valence-corrected chi connectivity index (χ0v) is 14.7. The van der Waals surface area contributed by atoms with E-state index in [2.05, 4.69) is 74.9 Å². The van der Waals surface area contributed by atoms with Crippen LogP contribution in [0.2, 0.25) is 0 Å². The molecule has 1 N–H and O–H groups in total. The summed E-state index contributed by atoms with van der Waals surface area (Å²) in [6.07, 6.45) is 0. The van der Waals surface area contributed by atoms with Gasteiger partial charge in [-0.05, 0) is 11.6 Å². The molecule has 3 nitrogen and oxygen atoms in total. The summed E-state index contributed by atoms with van der Waals surface area (Å²) in [5.74, 6) is 0. The summed E-state index contributed by atoms with van der Waals surface area (Å²) >= 11 is 2.44. The van der Waals surface area contributed by atoms with Gasteiger partial charge in [-0.1, -0.05) is 71.1 Å². The number of aliphatic hydroxyl groups excluding tert-OH is 1. The number of rotatable bonds is 4. The molecule has 1 fully saturated rings. The number of para-hydroxylation sites is 1. The van der Waals surface area contributed by atoms with Gasteiger partial charge >= 0.3 is 0 Å². The third kappa shape index (κ3) is 3.29. The van der Waals surface area contributed by atoms with Crippen molar-refractivity contribution in [2.75, 3.05) is 29.1 Å². The SMILES string of the molecule is OCc1ccccc1N1CCN(CI)CC1c1ccccc1. The van der Waals surface area contributed by atoms with Gasteiger partial charge in [0.15, 0.2) is 0 Å². The lowest BCUT2D eigenvalue weighted by Crippen LogP contribution is -2.48. The van der Waals surface area contributed by atoms with Gasteiger partial charge in [-0.2, -0.15) is 0 Å². The van der Waals surface area contributed by atoms with Gasteiger partial charge in [-0.25, -0.2) is 0 Å².